The Morgan fingerprint density at radius 2 is 2.28 bits per heavy atom. The van der Waals surface area contributed by atoms with Crippen LogP contribution in [0, 0.1) is 0 Å². The van der Waals surface area contributed by atoms with E-state index in [0.717, 1.165) is 25.9 Å². The number of hydrogen-bond donors (Lipinski definition) is 1. The van der Waals surface area contributed by atoms with Gasteiger partial charge in [0.25, 0.3) is 0 Å². The van der Waals surface area contributed by atoms with Crippen molar-refractivity contribution in [2.75, 3.05) is 11.9 Å². The molecule has 1 aromatic heterocycles. The number of halogens is 3. The van der Waals surface area contributed by atoms with Gasteiger partial charge in [-0.25, -0.2) is 0 Å². The van der Waals surface area contributed by atoms with Crippen LogP contribution in [0.4, 0.5) is 18.3 Å². The third-order valence-electron chi connectivity index (χ3n) is 2.68. The van der Waals surface area contributed by atoms with Crippen molar-refractivity contribution in [3.63, 3.8) is 0 Å². The fraction of sp³-hybridized carbons (Fsp3) is 0.800. The van der Waals surface area contributed by atoms with Gasteiger partial charge in [0, 0.05) is 12.6 Å². The average Bonchev–Trinajstić information content (AvgIpc) is 2.87. The quantitative estimate of drug-likeness (QED) is 0.921. The van der Waals surface area contributed by atoms with Crippen molar-refractivity contribution in [2.24, 2.45) is 0 Å². The van der Waals surface area contributed by atoms with E-state index in [1.54, 1.807) is 0 Å². The summed E-state index contributed by atoms with van der Waals surface area (Å²) in [5.74, 6) is 0. The number of nitrogens with one attached hydrogen (secondary N) is 1. The minimum atomic E-state index is -4.42. The molecule has 0 radical (unpaired) electrons. The zero-order chi connectivity index (χ0) is 13.2. The van der Waals surface area contributed by atoms with E-state index in [4.69, 9.17) is 4.74 Å². The smallest absolute Gasteiger partial charge is 0.378 e. The number of hydrogen-bond acceptors (Lipinski definition) is 5. The summed E-state index contributed by atoms with van der Waals surface area (Å²) in [6.45, 7) is 2.67. The Kier molecular flexibility index (Phi) is 4.06. The van der Waals surface area contributed by atoms with Gasteiger partial charge in [-0.2, -0.15) is 13.2 Å². The first kappa shape index (κ1) is 13.5. The maximum Gasteiger partial charge on any atom is 0.445 e. The highest BCUT2D eigenvalue weighted by Gasteiger charge is 2.35. The molecule has 0 unspecified atom stereocenters. The van der Waals surface area contributed by atoms with Crippen LogP contribution in [0.1, 0.15) is 31.2 Å². The lowest BCUT2D eigenvalue weighted by Gasteiger charge is -2.16. The molecule has 2 heterocycles. The maximum atomic E-state index is 12.3. The molecule has 2 rings (SSSR count). The second-order valence-electron chi connectivity index (χ2n) is 4.33. The lowest BCUT2D eigenvalue weighted by molar-refractivity contribution is -0.138. The van der Waals surface area contributed by atoms with Gasteiger partial charge >= 0.3 is 6.18 Å². The van der Waals surface area contributed by atoms with E-state index in [1.807, 2.05) is 6.92 Å². The van der Waals surface area contributed by atoms with E-state index in [9.17, 15) is 13.2 Å². The van der Waals surface area contributed by atoms with E-state index >= 15 is 0 Å². The van der Waals surface area contributed by atoms with Gasteiger partial charge in [0.05, 0.1) is 6.10 Å². The molecular weight excluding hydrogens is 267 g/mol. The normalized spacial score (nSPS) is 22.1. The van der Waals surface area contributed by atoms with E-state index < -0.39 is 11.2 Å². The first-order chi connectivity index (χ1) is 8.45. The Bertz CT molecular complexity index is 390. The average molecular weight is 281 g/mol. The Morgan fingerprint density at radius 3 is 2.83 bits per heavy atom. The minimum Gasteiger partial charge on any atom is -0.378 e. The third-order valence-corrected chi connectivity index (χ3v) is 3.58. The van der Waals surface area contributed by atoms with Gasteiger partial charge in [-0.15, -0.1) is 10.2 Å². The third kappa shape index (κ3) is 3.55. The second-order valence-corrected chi connectivity index (χ2v) is 5.30. The van der Waals surface area contributed by atoms with Gasteiger partial charge in [-0.05, 0) is 26.2 Å². The molecule has 2 atom stereocenters. The Balaban J connectivity index is 1.86. The monoisotopic (exact) mass is 281 g/mol. The standard InChI is InChI=1S/C10H14F3N3OS/c1-6(5-7-3-2-4-17-7)14-9-16-15-8(18-9)10(11,12)13/h6-7H,2-5H2,1H3,(H,14,16)/t6-,7-/m0/s1. The van der Waals surface area contributed by atoms with Crippen molar-refractivity contribution in [2.45, 2.75) is 44.5 Å². The molecule has 1 aliphatic heterocycles. The van der Waals surface area contributed by atoms with Crippen LogP contribution in [0.5, 0.6) is 0 Å². The van der Waals surface area contributed by atoms with Gasteiger partial charge < -0.3 is 10.1 Å². The summed E-state index contributed by atoms with van der Waals surface area (Å²) in [5, 5.41) is 8.82. The largest absolute Gasteiger partial charge is 0.445 e. The van der Waals surface area contributed by atoms with Crippen molar-refractivity contribution < 1.29 is 17.9 Å². The SMILES string of the molecule is C[C@@H](C[C@@H]1CCCO1)Nc1nnc(C(F)(F)F)s1. The highest BCUT2D eigenvalue weighted by Crippen LogP contribution is 2.33. The van der Waals surface area contributed by atoms with Crippen molar-refractivity contribution in [1.82, 2.24) is 10.2 Å². The number of nitrogens with zero attached hydrogens (tertiary/aromatic N) is 2. The molecule has 1 aromatic rings. The molecule has 0 saturated carbocycles. The first-order valence-electron chi connectivity index (χ1n) is 5.74. The zero-order valence-corrected chi connectivity index (χ0v) is 10.6. The maximum absolute atomic E-state index is 12.3. The molecule has 1 aliphatic rings. The Hall–Kier alpha value is -0.890. The second kappa shape index (κ2) is 5.40. The molecule has 0 bridgehead atoms. The molecule has 0 spiro atoms. The van der Waals surface area contributed by atoms with Crippen molar-refractivity contribution in [3.8, 4) is 0 Å². The van der Waals surface area contributed by atoms with Crippen LogP contribution in [-0.2, 0) is 10.9 Å². The molecule has 1 saturated heterocycles. The van der Waals surface area contributed by atoms with Gasteiger partial charge in [0.2, 0.25) is 10.1 Å². The highest BCUT2D eigenvalue weighted by atomic mass is 32.1. The minimum absolute atomic E-state index is 0.0159. The summed E-state index contributed by atoms with van der Waals surface area (Å²) in [5.41, 5.74) is 0. The van der Waals surface area contributed by atoms with Crippen molar-refractivity contribution in [3.05, 3.63) is 5.01 Å². The number of rotatable bonds is 4. The van der Waals surface area contributed by atoms with Crippen LogP contribution in [0.15, 0.2) is 0 Å². The predicted octanol–water partition coefficient (Wildman–Crippen LogP) is 2.93. The summed E-state index contributed by atoms with van der Waals surface area (Å²) < 4.78 is 42.4. The van der Waals surface area contributed by atoms with Crippen LogP contribution >= 0.6 is 11.3 Å². The fourth-order valence-electron chi connectivity index (χ4n) is 1.89. The van der Waals surface area contributed by atoms with Crippen LogP contribution in [-0.4, -0.2) is 29.0 Å². The number of aromatic nitrogens is 2. The molecular formula is C10H14F3N3OS. The molecule has 8 heteroatoms. The van der Waals surface area contributed by atoms with Crippen molar-refractivity contribution >= 4 is 16.5 Å². The summed E-state index contributed by atoms with van der Waals surface area (Å²) in [4.78, 5) is 0. The highest BCUT2D eigenvalue weighted by molar-refractivity contribution is 7.15. The van der Waals surface area contributed by atoms with Crippen LogP contribution in [0.25, 0.3) is 0 Å². The number of ether oxygens (including phenoxy) is 1. The fourth-order valence-corrected chi connectivity index (χ4v) is 2.61. The van der Waals surface area contributed by atoms with Crippen LogP contribution in [0.2, 0.25) is 0 Å². The molecule has 1 N–H and O–H groups in total. The van der Waals surface area contributed by atoms with Gasteiger partial charge in [-0.3, -0.25) is 0 Å². The van der Waals surface area contributed by atoms with Crippen molar-refractivity contribution in [1.29, 1.82) is 0 Å². The zero-order valence-electron chi connectivity index (χ0n) is 9.83. The summed E-state index contributed by atoms with van der Waals surface area (Å²) >= 11 is 0.527. The van der Waals surface area contributed by atoms with Gasteiger partial charge in [-0.1, -0.05) is 11.3 Å². The van der Waals surface area contributed by atoms with Crippen LogP contribution < -0.4 is 5.32 Å². The summed E-state index contributed by atoms with van der Waals surface area (Å²) in [6, 6.07) is 0.0159. The molecule has 1 fully saturated rings. The van der Waals surface area contributed by atoms with E-state index in [0.29, 0.717) is 11.3 Å². The summed E-state index contributed by atoms with van der Waals surface area (Å²) in [7, 11) is 0. The van der Waals surface area contributed by atoms with Gasteiger partial charge in [0.15, 0.2) is 0 Å². The summed E-state index contributed by atoms with van der Waals surface area (Å²) in [6.07, 6.45) is -1.40. The topological polar surface area (TPSA) is 47.0 Å². The van der Waals surface area contributed by atoms with E-state index in [2.05, 4.69) is 15.5 Å². The predicted molar refractivity (Wildman–Crippen MR) is 61.6 cm³/mol. The number of anilines is 1. The molecule has 18 heavy (non-hydrogen) atoms. The first-order valence-corrected chi connectivity index (χ1v) is 6.55. The van der Waals surface area contributed by atoms with E-state index in [-0.39, 0.29) is 17.3 Å². The lowest BCUT2D eigenvalue weighted by Crippen LogP contribution is -2.21. The number of alkyl halides is 3. The molecule has 4 nitrogen and oxygen atoms in total. The Labute approximate surface area is 107 Å². The molecule has 0 amide bonds. The van der Waals surface area contributed by atoms with Crippen LogP contribution in [0.3, 0.4) is 0 Å². The molecule has 0 aliphatic carbocycles. The molecule has 102 valence electrons. The Morgan fingerprint density at radius 1 is 1.50 bits per heavy atom. The molecule has 0 aromatic carbocycles. The lowest BCUT2D eigenvalue weighted by atomic mass is 10.1. The van der Waals surface area contributed by atoms with Gasteiger partial charge in [0.1, 0.15) is 0 Å². The van der Waals surface area contributed by atoms with E-state index in [1.165, 1.54) is 0 Å².